The molecule has 0 aliphatic heterocycles. The van der Waals surface area contributed by atoms with Crippen LogP contribution >= 0.6 is 34.3 Å². The molecule has 0 spiro atoms. The zero-order valence-electron chi connectivity index (χ0n) is 23.3. The van der Waals surface area contributed by atoms with Gasteiger partial charge in [0.25, 0.3) is 0 Å². The summed E-state index contributed by atoms with van der Waals surface area (Å²) in [6, 6.07) is 35.2. The van der Waals surface area contributed by atoms with Crippen LogP contribution in [0.25, 0.3) is 86.0 Å². The molecule has 0 radical (unpaired) electrons. The van der Waals surface area contributed by atoms with Gasteiger partial charge in [-0.15, -0.1) is 22.7 Å². The van der Waals surface area contributed by atoms with Gasteiger partial charge in [-0.25, -0.2) is 4.98 Å². The summed E-state index contributed by atoms with van der Waals surface area (Å²) < 4.78 is 5.00. The quantitative estimate of drug-likeness (QED) is 0.180. The number of nitrogens with zero attached hydrogens (tertiary/aromatic N) is 3. The van der Waals surface area contributed by atoms with Crippen molar-refractivity contribution in [3.63, 3.8) is 0 Å². The van der Waals surface area contributed by atoms with E-state index in [0.29, 0.717) is 0 Å². The first-order valence-corrected chi connectivity index (χ1v) is 16.8. The van der Waals surface area contributed by atoms with Crippen molar-refractivity contribution in [1.82, 2.24) is 14.5 Å². The Morgan fingerprint density at radius 2 is 1.48 bits per heavy atom. The van der Waals surface area contributed by atoms with E-state index >= 15 is 0 Å². The summed E-state index contributed by atoms with van der Waals surface area (Å²) in [6.45, 7) is 0. The average molecular weight is 620 g/mol. The van der Waals surface area contributed by atoms with Crippen LogP contribution in [-0.4, -0.2) is 14.5 Å². The lowest BCUT2D eigenvalue weighted by Crippen LogP contribution is -2.02. The van der Waals surface area contributed by atoms with E-state index in [4.69, 9.17) is 21.6 Å². The van der Waals surface area contributed by atoms with Crippen molar-refractivity contribution in [2.45, 2.75) is 12.8 Å². The molecule has 0 saturated heterocycles. The largest absolute Gasteiger partial charge is 0.292 e. The van der Waals surface area contributed by atoms with Crippen LogP contribution in [0, 0.1) is 0 Å². The van der Waals surface area contributed by atoms with Gasteiger partial charge in [0.2, 0.25) is 5.28 Å². The van der Waals surface area contributed by atoms with E-state index in [2.05, 4.69) is 114 Å². The van der Waals surface area contributed by atoms with Crippen molar-refractivity contribution in [2.24, 2.45) is 0 Å². The van der Waals surface area contributed by atoms with Gasteiger partial charge in [0.15, 0.2) is 5.82 Å². The van der Waals surface area contributed by atoms with Crippen molar-refractivity contribution >= 4 is 103 Å². The highest BCUT2D eigenvalue weighted by Crippen LogP contribution is 2.49. The fourth-order valence-corrected chi connectivity index (χ4v) is 9.81. The summed E-state index contributed by atoms with van der Waals surface area (Å²) in [5, 5.41) is 8.93. The van der Waals surface area contributed by atoms with Gasteiger partial charge in [0.05, 0.1) is 16.4 Å². The number of aryl methyl sites for hydroxylation is 1. The van der Waals surface area contributed by atoms with E-state index in [1.807, 2.05) is 11.3 Å². The molecular formula is C38H22ClN3S2. The van der Waals surface area contributed by atoms with Crippen LogP contribution in [0.4, 0.5) is 0 Å². The Morgan fingerprint density at radius 3 is 2.36 bits per heavy atom. The average Bonchev–Trinajstić information content (AvgIpc) is 3.74. The number of thiophene rings is 2. The van der Waals surface area contributed by atoms with Crippen LogP contribution in [0.1, 0.15) is 16.9 Å². The minimum Gasteiger partial charge on any atom is -0.292 e. The molecule has 10 rings (SSSR count). The minimum absolute atomic E-state index is 0.275. The molecule has 44 heavy (non-hydrogen) atoms. The van der Waals surface area contributed by atoms with Crippen LogP contribution < -0.4 is 0 Å². The third-order valence-corrected chi connectivity index (χ3v) is 11.5. The third kappa shape index (κ3) is 3.37. The zero-order valence-corrected chi connectivity index (χ0v) is 25.7. The van der Waals surface area contributed by atoms with Crippen LogP contribution in [0.2, 0.25) is 5.28 Å². The van der Waals surface area contributed by atoms with Gasteiger partial charge in [-0.05, 0) is 65.4 Å². The Kier molecular flexibility index (Phi) is 5.21. The van der Waals surface area contributed by atoms with Crippen molar-refractivity contribution in [3.8, 4) is 16.9 Å². The molecule has 0 bridgehead atoms. The highest BCUT2D eigenvalue weighted by Gasteiger charge is 2.26. The van der Waals surface area contributed by atoms with Crippen LogP contribution in [0.3, 0.4) is 0 Å². The molecule has 0 atom stereocenters. The van der Waals surface area contributed by atoms with E-state index in [1.54, 1.807) is 11.3 Å². The van der Waals surface area contributed by atoms with Crippen molar-refractivity contribution in [3.05, 3.63) is 119 Å². The second-order valence-corrected chi connectivity index (χ2v) is 13.8. The second-order valence-electron chi connectivity index (χ2n) is 11.4. The highest BCUT2D eigenvalue weighted by molar-refractivity contribution is 7.27. The summed E-state index contributed by atoms with van der Waals surface area (Å²) in [4.78, 5) is 12.0. The topological polar surface area (TPSA) is 30.7 Å². The molecule has 3 nitrogen and oxygen atoms in total. The number of allylic oxidation sites excluding steroid dienone is 1. The lowest BCUT2D eigenvalue weighted by atomic mass is 9.98. The molecule has 0 N–H and O–H groups in total. The molecule has 6 heteroatoms. The van der Waals surface area contributed by atoms with E-state index in [0.717, 1.165) is 34.4 Å². The summed E-state index contributed by atoms with van der Waals surface area (Å²) in [5.41, 5.74) is 6.01. The molecule has 1 aliphatic rings. The maximum atomic E-state index is 6.74. The van der Waals surface area contributed by atoms with Gasteiger partial charge in [0.1, 0.15) is 4.83 Å². The van der Waals surface area contributed by atoms with Gasteiger partial charge in [0, 0.05) is 46.6 Å². The standard InChI is InChI=1S/C38H22ClN3S2/c39-38-40-36(33-26-15-7-9-17-30(26)44-37(33)41-38)42-28-19-18-22(21-10-2-1-3-11-21)20-27(28)31-32-25-14-6-8-16-29(25)43-35(32)24-13-5-4-12-23(24)34(31)42/h1-6,8-14,16-20H,7,15H2. The summed E-state index contributed by atoms with van der Waals surface area (Å²) in [6.07, 6.45) is 6.47. The zero-order chi connectivity index (χ0) is 28.9. The molecule has 1 aliphatic carbocycles. The molecule has 0 saturated carbocycles. The molecular weight excluding hydrogens is 598 g/mol. The number of hydrogen-bond acceptors (Lipinski definition) is 4. The first kappa shape index (κ1) is 24.8. The number of fused-ring (bicyclic) bond motifs is 13. The smallest absolute Gasteiger partial charge is 0.225 e. The summed E-state index contributed by atoms with van der Waals surface area (Å²) >= 11 is 10.3. The predicted molar refractivity (Wildman–Crippen MR) is 190 cm³/mol. The number of benzene rings is 5. The molecule has 5 aromatic carbocycles. The molecule has 0 fully saturated rings. The monoisotopic (exact) mass is 619 g/mol. The van der Waals surface area contributed by atoms with Crippen LogP contribution in [0.15, 0.2) is 103 Å². The number of hydrogen-bond donors (Lipinski definition) is 0. The first-order chi connectivity index (χ1) is 21.7. The normalized spacial score (nSPS) is 13.3. The predicted octanol–water partition coefficient (Wildman–Crippen LogP) is 11.6. The molecule has 0 amide bonds. The van der Waals surface area contributed by atoms with Gasteiger partial charge in [-0.2, -0.15) is 4.98 Å². The lowest BCUT2D eigenvalue weighted by Gasteiger charge is -2.13. The van der Waals surface area contributed by atoms with Gasteiger partial charge in [-0.3, -0.25) is 4.57 Å². The number of halogens is 1. The van der Waals surface area contributed by atoms with E-state index in [9.17, 15) is 0 Å². The Morgan fingerprint density at radius 1 is 0.682 bits per heavy atom. The molecule has 208 valence electrons. The first-order valence-electron chi connectivity index (χ1n) is 14.8. The Balaban J connectivity index is 1.49. The Bertz CT molecular complexity index is 2680. The van der Waals surface area contributed by atoms with Crippen molar-refractivity contribution in [2.75, 3.05) is 0 Å². The third-order valence-electron chi connectivity index (χ3n) is 9.02. The maximum Gasteiger partial charge on any atom is 0.225 e. The maximum absolute atomic E-state index is 6.74. The van der Waals surface area contributed by atoms with E-state index < -0.39 is 0 Å². The van der Waals surface area contributed by atoms with Gasteiger partial charge < -0.3 is 0 Å². The van der Waals surface area contributed by atoms with E-state index in [-0.39, 0.29) is 5.28 Å². The molecule has 4 heterocycles. The lowest BCUT2D eigenvalue weighted by molar-refractivity contribution is 0.996. The molecule has 0 unspecified atom stereocenters. The molecule has 4 aromatic heterocycles. The number of aromatic nitrogens is 3. The fraction of sp³-hybridized carbons (Fsp3) is 0.0526. The summed E-state index contributed by atoms with van der Waals surface area (Å²) in [5.74, 6) is 0.865. The molecule has 9 aromatic rings. The van der Waals surface area contributed by atoms with E-state index in [1.165, 1.54) is 68.8 Å². The van der Waals surface area contributed by atoms with Gasteiger partial charge in [-0.1, -0.05) is 84.9 Å². The fourth-order valence-electron chi connectivity index (χ4n) is 7.19. The van der Waals surface area contributed by atoms with Gasteiger partial charge >= 0.3 is 0 Å². The summed E-state index contributed by atoms with van der Waals surface area (Å²) in [7, 11) is 0. The highest BCUT2D eigenvalue weighted by atomic mass is 35.5. The minimum atomic E-state index is 0.275. The second kappa shape index (κ2) is 9.23. The number of rotatable bonds is 2. The van der Waals surface area contributed by atoms with Crippen molar-refractivity contribution in [1.29, 1.82) is 0 Å². The van der Waals surface area contributed by atoms with Crippen molar-refractivity contribution < 1.29 is 0 Å². The van der Waals surface area contributed by atoms with Crippen LogP contribution in [-0.2, 0) is 6.42 Å². The Hall–Kier alpha value is -4.55. The SMILES string of the molecule is Clc1nc(-n2c3ccc(-c4ccccc4)cc3c3c4c5ccccc5sc4c4ccccc4c32)c2c3c(sc2n1)C=CCC3. The van der Waals surface area contributed by atoms with Crippen LogP contribution in [0.5, 0.6) is 0 Å². The Labute approximate surface area is 265 Å².